The summed E-state index contributed by atoms with van der Waals surface area (Å²) < 4.78 is 25.3. The molecule has 0 aliphatic heterocycles. The number of rotatable bonds is 7. The fourth-order valence-electron chi connectivity index (χ4n) is 3.26. The zero-order chi connectivity index (χ0) is 17.9. The molecule has 3 nitrogen and oxygen atoms in total. The minimum absolute atomic E-state index is 0.202. The van der Waals surface area contributed by atoms with Gasteiger partial charge >= 0.3 is 0 Å². The topological polar surface area (TPSA) is 46.2 Å². The van der Waals surface area contributed by atoms with Gasteiger partial charge in [-0.25, -0.2) is 8.42 Å². The van der Waals surface area contributed by atoms with Crippen molar-refractivity contribution in [3.05, 3.63) is 9.90 Å². The van der Waals surface area contributed by atoms with Crippen molar-refractivity contribution in [2.45, 2.75) is 73.8 Å². The summed E-state index contributed by atoms with van der Waals surface area (Å²) in [5, 5.41) is 3.32. The number of hydrogen-bond donors (Lipinski definition) is 2. The van der Waals surface area contributed by atoms with E-state index in [9.17, 15) is 8.42 Å². The molecule has 138 valence electrons. The lowest BCUT2D eigenvalue weighted by Gasteiger charge is -2.27. The van der Waals surface area contributed by atoms with E-state index < -0.39 is 15.1 Å². The molecule has 1 aliphatic carbocycles. The standard InChI is InChI=1S/C17H28ClNO2S3/c1-4-12-5-7-13(8-6-12)9-19-10-14-15(18)16(17(22)23-14)24(20,21)11(2)3/h11-13,19,22H,4-10H2,1-3H3. The van der Waals surface area contributed by atoms with Crippen molar-refractivity contribution in [2.75, 3.05) is 6.54 Å². The van der Waals surface area contributed by atoms with Crippen LogP contribution in [0.25, 0.3) is 0 Å². The molecule has 0 aromatic carbocycles. The molecule has 2 rings (SSSR count). The van der Waals surface area contributed by atoms with Gasteiger partial charge in [0.2, 0.25) is 0 Å². The molecule has 7 heteroatoms. The molecule has 1 heterocycles. The maximum Gasteiger partial charge on any atom is 0.184 e. The Morgan fingerprint density at radius 3 is 2.38 bits per heavy atom. The fourth-order valence-corrected chi connectivity index (χ4v) is 7.22. The van der Waals surface area contributed by atoms with Gasteiger partial charge in [0, 0.05) is 11.4 Å². The summed E-state index contributed by atoms with van der Waals surface area (Å²) >= 11 is 12.1. The highest BCUT2D eigenvalue weighted by Crippen LogP contribution is 2.40. The normalized spacial score (nSPS) is 22.2. The number of halogens is 1. The fraction of sp³-hybridized carbons (Fsp3) is 0.765. The van der Waals surface area contributed by atoms with Gasteiger partial charge in [-0.3, -0.25) is 0 Å². The number of thiol groups is 1. The van der Waals surface area contributed by atoms with Gasteiger partial charge in [-0.2, -0.15) is 0 Å². The van der Waals surface area contributed by atoms with Crippen molar-refractivity contribution in [1.29, 1.82) is 0 Å². The molecule has 1 aliphatic rings. The van der Waals surface area contributed by atoms with E-state index in [0.717, 1.165) is 23.3 Å². The molecule has 1 aromatic heterocycles. The Labute approximate surface area is 160 Å². The van der Waals surface area contributed by atoms with Gasteiger partial charge in [-0.15, -0.1) is 24.0 Å². The van der Waals surface area contributed by atoms with E-state index >= 15 is 0 Å². The average Bonchev–Trinajstić information content (AvgIpc) is 2.82. The Morgan fingerprint density at radius 2 is 1.83 bits per heavy atom. The lowest BCUT2D eigenvalue weighted by atomic mass is 9.81. The zero-order valence-electron chi connectivity index (χ0n) is 14.6. The molecular formula is C17H28ClNO2S3. The molecule has 0 spiro atoms. The summed E-state index contributed by atoms with van der Waals surface area (Å²) in [6.45, 7) is 7.19. The lowest BCUT2D eigenvalue weighted by Crippen LogP contribution is -2.26. The highest BCUT2D eigenvalue weighted by molar-refractivity contribution is 7.93. The second kappa shape index (κ2) is 8.76. The first-order chi connectivity index (χ1) is 11.3. The molecule has 1 N–H and O–H groups in total. The van der Waals surface area contributed by atoms with E-state index in [4.69, 9.17) is 11.6 Å². The third-order valence-electron chi connectivity index (χ3n) is 5.03. The first-order valence-electron chi connectivity index (χ1n) is 8.72. The Morgan fingerprint density at radius 1 is 1.25 bits per heavy atom. The zero-order valence-corrected chi connectivity index (χ0v) is 17.9. The van der Waals surface area contributed by atoms with Gasteiger partial charge in [-0.1, -0.05) is 37.8 Å². The predicted octanol–water partition coefficient (Wildman–Crippen LogP) is 5.18. The van der Waals surface area contributed by atoms with Gasteiger partial charge in [-0.05, 0) is 45.1 Å². The largest absolute Gasteiger partial charge is 0.312 e. The van der Waals surface area contributed by atoms with E-state index in [1.807, 2.05) is 0 Å². The van der Waals surface area contributed by atoms with Crippen LogP contribution in [-0.4, -0.2) is 20.2 Å². The molecular weight excluding hydrogens is 382 g/mol. The number of hydrogen-bond acceptors (Lipinski definition) is 5. The van der Waals surface area contributed by atoms with E-state index in [0.29, 0.717) is 15.8 Å². The van der Waals surface area contributed by atoms with Crippen molar-refractivity contribution in [2.24, 2.45) is 11.8 Å². The third-order valence-corrected chi connectivity index (χ3v) is 9.66. The summed E-state index contributed by atoms with van der Waals surface area (Å²) in [7, 11) is -3.40. The maximum absolute atomic E-state index is 12.4. The van der Waals surface area contributed by atoms with Crippen LogP contribution in [-0.2, 0) is 16.4 Å². The van der Waals surface area contributed by atoms with Crippen LogP contribution in [0.15, 0.2) is 9.10 Å². The van der Waals surface area contributed by atoms with Crippen LogP contribution in [0.3, 0.4) is 0 Å². The van der Waals surface area contributed by atoms with E-state index in [1.54, 1.807) is 13.8 Å². The summed E-state index contributed by atoms with van der Waals surface area (Å²) in [5.41, 5.74) is 0. The molecule has 1 saturated carbocycles. The van der Waals surface area contributed by atoms with Crippen molar-refractivity contribution >= 4 is 45.4 Å². The minimum Gasteiger partial charge on any atom is -0.312 e. The van der Waals surface area contributed by atoms with Crippen LogP contribution in [0.5, 0.6) is 0 Å². The number of thiophene rings is 1. The molecule has 24 heavy (non-hydrogen) atoms. The molecule has 1 aromatic rings. The van der Waals surface area contributed by atoms with Crippen LogP contribution >= 0.6 is 35.6 Å². The Balaban J connectivity index is 1.95. The summed E-state index contributed by atoms with van der Waals surface area (Å²) in [5.74, 6) is 1.63. The average molecular weight is 410 g/mol. The minimum atomic E-state index is -3.40. The van der Waals surface area contributed by atoms with Crippen LogP contribution < -0.4 is 5.32 Å². The van der Waals surface area contributed by atoms with E-state index in [2.05, 4.69) is 24.9 Å². The highest BCUT2D eigenvalue weighted by Gasteiger charge is 2.29. The first kappa shape index (κ1) is 20.6. The van der Waals surface area contributed by atoms with Crippen molar-refractivity contribution < 1.29 is 8.42 Å². The van der Waals surface area contributed by atoms with Crippen molar-refractivity contribution in [3.63, 3.8) is 0 Å². The van der Waals surface area contributed by atoms with Crippen LogP contribution in [0.2, 0.25) is 5.02 Å². The lowest BCUT2D eigenvalue weighted by molar-refractivity contribution is 0.262. The van der Waals surface area contributed by atoms with Crippen LogP contribution in [0, 0.1) is 11.8 Å². The summed E-state index contributed by atoms with van der Waals surface area (Å²) in [4.78, 5) is 1.07. The Hall–Kier alpha value is 0.250. The molecule has 1 fully saturated rings. The highest BCUT2D eigenvalue weighted by atomic mass is 35.5. The van der Waals surface area contributed by atoms with Gasteiger partial charge in [0.05, 0.1) is 14.5 Å². The first-order valence-corrected chi connectivity index (χ1v) is 11.9. The second-order valence-corrected chi connectivity index (χ2v) is 11.7. The van der Waals surface area contributed by atoms with Crippen molar-refractivity contribution in [3.8, 4) is 0 Å². The smallest absolute Gasteiger partial charge is 0.184 e. The number of sulfone groups is 1. The second-order valence-electron chi connectivity index (χ2n) is 6.99. The predicted molar refractivity (Wildman–Crippen MR) is 106 cm³/mol. The van der Waals surface area contributed by atoms with E-state index in [-0.39, 0.29) is 4.90 Å². The third kappa shape index (κ3) is 4.70. The summed E-state index contributed by atoms with van der Waals surface area (Å²) in [6.07, 6.45) is 6.53. The number of nitrogens with one attached hydrogen (secondary N) is 1. The van der Waals surface area contributed by atoms with Gasteiger partial charge in [0.1, 0.15) is 4.90 Å². The SMILES string of the molecule is CCC1CCC(CNCc2sc(S)c(S(=O)(=O)C(C)C)c2Cl)CC1. The molecule has 0 atom stereocenters. The maximum atomic E-state index is 12.4. The molecule has 0 unspecified atom stereocenters. The molecule has 0 bridgehead atoms. The van der Waals surface area contributed by atoms with Gasteiger partial charge < -0.3 is 5.32 Å². The molecule has 0 saturated heterocycles. The molecule has 0 amide bonds. The van der Waals surface area contributed by atoms with Crippen molar-refractivity contribution in [1.82, 2.24) is 5.32 Å². The van der Waals surface area contributed by atoms with Crippen LogP contribution in [0.1, 0.15) is 57.8 Å². The Kier molecular flexibility index (Phi) is 7.50. The molecule has 0 radical (unpaired) electrons. The monoisotopic (exact) mass is 409 g/mol. The quantitative estimate of drug-likeness (QED) is 0.610. The Bertz CT molecular complexity index is 647. The van der Waals surface area contributed by atoms with Gasteiger partial charge in [0.25, 0.3) is 0 Å². The van der Waals surface area contributed by atoms with E-state index in [1.165, 1.54) is 43.4 Å². The summed E-state index contributed by atoms with van der Waals surface area (Å²) in [6, 6.07) is 0. The van der Waals surface area contributed by atoms with Crippen LogP contribution in [0.4, 0.5) is 0 Å². The van der Waals surface area contributed by atoms with Gasteiger partial charge in [0.15, 0.2) is 9.84 Å².